The molecule has 0 unspecified atom stereocenters. The normalized spacial score (nSPS) is 37.5. The van der Waals surface area contributed by atoms with Crippen molar-refractivity contribution >= 4 is 5.57 Å². The number of allylic oxidation sites excluding steroid dienone is 2. The van der Waals surface area contributed by atoms with Crippen molar-refractivity contribution in [3.8, 4) is 0 Å². The number of fused-ring (bicyclic) bond motifs is 5. The fourth-order valence-electron chi connectivity index (χ4n) is 9.80. The van der Waals surface area contributed by atoms with E-state index in [4.69, 9.17) is 0 Å². The van der Waals surface area contributed by atoms with Crippen LogP contribution in [0, 0.1) is 40.4 Å². The average Bonchev–Trinajstić information content (AvgIpc) is 3.28. The van der Waals surface area contributed by atoms with Crippen LogP contribution < -0.4 is 0 Å². The fourth-order valence-corrected chi connectivity index (χ4v) is 9.80. The molecule has 0 bridgehead atoms. The van der Waals surface area contributed by atoms with Gasteiger partial charge in [-0.1, -0.05) is 99.2 Å². The summed E-state index contributed by atoms with van der Waals surface area (Å²) in [6.45, 7) is 7.61. The molecule has 0 amide bonds. The lowest BCUT2D eigenvalue weighted by Gasteiger charge is -2.59. The van der Waals surface area contributed by atoms with Crippen LogP contribution >= 0.6 is 0 Å². The van der Waals surface area contributed by atoms with Crippen molar-refractivity contribution in [3.05, 3.63) is 89.5 Å². The van der Waals surface area contributed by atoms with Gasteiger partial charge in [0.2, 0.25) is 0 Å². The van der Waals surface area contributed by atoms with E-state index >= 15 is 0 Å². The second-order valence-electron chi connectivity index (χ2n) is 13.3. The lowest BCUT2D eigenvalue weighted by Crippen LogP contribution is -2.54. The first kappa shape index (κ1) is 25.2. The first-order valence-corrected chi connectivity index (χ1v) is 15.1. The van der Waals surface area contributed by atoms with Crippen LogP contribution in [0.3, 0.4) is 0 Å². The third-order valence-electron chi connectivity index (χ3n) is 11.8. The van der Waals surface area contributed by atoms with Gasteiger partial charge in [-0.15, -0.1) is 0 Å². The highest BCUT2D eigenvalue weighted by Gasteiger charge is 2.60. The van der Waals surface area contributed by atoms with Crippen molar-refractivity contribution in [2.24, 2.45) is 40.4 Å². The summed E-state index contributed by atoms with van der Waals surface area (Å²) in [5.41, 5.74) is 6.09. The summed E-state index contributed by atoms with van der Waals surface area (Å²) in [6.07, 6.45) is 16.2. The van der Waals surface area contributed by atoms with Gasteiger partial charge in [-0.2, -0.15) is 0 Å². The van der Waals surface area contributed by atoms with Gasteiger partial charge in [-0.25, -0.2) is 0 Å². The third kappa shape index (κ3) is 4.17. The molecule has 0 heterocycles. The Morgan fingerprint density at radius 2 is 1.59 bits per heavy atom. The summed E-state index contributed by atoms with van der Waals surface area (Å²) < 4.78 is 0. The molecule has 0 aromatic heterocycles. The van der Waals surface area contributed by atoms with E-state index in [0.717, 1.165) is 30.6 Å². The monoisotopic (exact) mass is 494 g/mol. The SMILES string of the molecule is C[C@H](CC=C(c1ccccc1)c1ccccc1)[C@@H]1CC[C@@H]2[C@H]3CC=C4CCC[C@H](O)[C@]4(C)[C@@H]3CC[C@@]21C. The summed E-state index contributed by atoms with van der Waals surface area (Å²) in [5.74, 6) is 3.72. The molecule has 0 aliphatic heterocycles. The van der Waals surface area contributed by atoms with Gasteiger partial charge in [0.15, 0.2) is 0 Å². The van der Waals surface area contributed by atoms with E-state index in [2.05, 4.69) is 93.6 Å². The largest absolute Gasteiger partial charge is 0.392 e. The molecular formula is C36H46O. The van der Waals surface area contributed by atoms with Crippen molar-refractivity contribution in [3.63, 3.8) is 0 Å². The van der Waals surface area contributed by atoms with Crippen LogP contribution in [0.5, 0.6) is 0 Å². The zero-order valence-corrected chi connectivity index (χ0v) is 23.2. The second kappa shape index (κ2) is 9.88. The maximum atomic E-state index is 11.2. The van der Waals surface area contributed by atoms with Gasteiger partial charge < -0.3 is 5.11 Å². The van der Waals surface area contributed by atoms with Crippen LogP contribution in [-0.2, 0) is 0 Å². The predicted octanol–water partition coefficient (Wildman–Crippen LogP) is 9.08. The van der Waals surface area contributed by atoms with Gasteiger partial charge >= 0.3 is 0 Å². The Morgan fingerprint density at radius 1 is 0.919 bits per heavy atom. The van der Waals surface area contributed by atoms with Crippen LogP contribution in [0.2, 0.25) is 0 Å². The van der Waals surface area contributed by atoms with E-state index < -0.39 is 0 Å². The Kier molecular flexibility index (Phi) is 6.72. The first-order valence-electron chi connectivity index (χ1n) is 15.1. The van der Waals surface area contributed by atoms with E-state index in [1.807, 2.05) is 0 Å². The summed E-state index contributed by atoms with van der Waals surface area (Å²) in [7, 11) is 0. The standard InChI is InChI=1S/C36H46O/c1-25(17-19-29(26-11-6-4-7-12-26)27-13-8-5-9-14-27)31-21-22-32-30-20-18-28-15-10-16-34(37)36(28,3)33(30)23-24-35(31,32)2/h4-9,11-14,18-19,25,30-34,37H,10,15-17,20-24H2,1-3H3/t25-,30-,31+,32-,33-,34+,35-,36+/m1/s1. The highest BCUT2D eigenvalue weighted by atomic mass is 16.3. The van der Waals surface area contributed by atoms with Gasteiger partial charge in [-0.3, -0.25) is 0 Å². The Balaban J connectivity index is 1.24. The highest BCUT2D eigenvalue weighted by Crippen LogP contribution is 2.67. The van der Waals surface area contributed by atoms with Crippen molar-refractivity contribution in [2.45, 2.75) is 84.7 Å². The number of hydrogen-bond acceptors (Lipinski definition) is 1. The topological polar surface area (TPSA) is 20.2 Å². The lowest BCUT2D eigenvalue weighted by atomic mass is 9.46. The lowest BCUT2D eigenvalue weighted by molar-refractivity contribution is -0.0926. The Bertz CT molecular complexity index is 1100. The van der Waals surface area contributed by atoms with Crippen molar-refractivity contribution in [1.82, 2.24) is 0 Å². The van der Waals surface area contributed by atoms with Gasteiger partial charge in [0, 0.05) is 5.41 Å². The molecule has 0 spiro atoms. The predicted molar refractivity (Wildman–Crippen MR) is 155 cm³/mol. The Hall–Kier alpha value is -2.12. The molecule has 1 N–H and O–H groups in total. The number of hydrogen-bond donors (Lipinski definition) is 1. The van der Waals surface area contributed by atoms with Gasteiger partial charge in [0.25, 0.3) is 0 Å². The molecule has 6 rings (SSSR count). The minimum Gasteiger partial charge on any atom is -0.392 e. The van der Waals surface area contributed by atoms with E-state index in [-0.39, 0.29) is 11.5 Å². The number of aliphatic hydroxyl groups excluding tert-OH is 1. The zero-order valence-electron chi connectivity index (χ0n) is 23.2. The molecule has 3 fully saturated rings. The maximum Gasteiger partial charge on any atom is 0.0633 e. The van der Waals surface area contributed by atoms with Crippen LogP contribution in [0.4, 0.5) is 0 Å². The molecular weight excluding hydrogens is 448 g/mol. The van der Waals surface area contributed by atoms with E-state index in [1.54, 1.807) is 5.57 Å². The molecule has 4 aliphatic carbocycles. The zero-order chi connectivity index (χ0) is 25.6. The van der Waals surface area contributed by atoms with E-state index in [1.165, 1.54) is 61.6 Å². The summed E-state index contributed by atoms with van der Waals surface area (Å²) in [5, 5.41) is 11.2. The molecule has 1 heteroatoms. The molecule has 2 aromatic carbocycles. The molecule has 1 nitrogen and oxygen atoms in total. The second-order valence-corrected chi connectivity index (χ2v) is 13.3. The molecule has 0 radical (unpaired) electrons. The molecule has 3 saturated carbocycles. The van der Waals surface area contributed by atoms with Crippen molar-refractivity contribution in [1.29, 1.82) is 0 Å². The number of rotatable bonds is 5. The minimum absolute atomic E-state index is 0.0369. The first-order chi connectivity index (χ1) is 17.9. The minimum atomic E-state index is -0.139. The number of benzene rings is 2. The molecule has 8 atom stereocenters. The third-order valence-corrected chi connectivity index (χ3v) is 11.8. The smallest absolute Gasteiger partial charge is 0.0633 e. The molecule has 4 aliphatic rings. The Labute approximate surface area is 225 Å². The summed E-state index contributed by atoms with van der Waals surface area (Å²) in [4.78, 5) is 0. The number of aliphatic hydroxyl groups is 1. The van der Waals surface area contributed by atoms with Crippen LogP contribution in [0.1, 0.15) is 89.7 Å². The highest BCUT2D eigenvalue weighted by molar-refractivity contribution is 5.79. The van der Waals surface area contributed by atoms with Gasteiger partial charge in [-0.05, 0) is 109 Å². The summed E-state index contributed by atoms with van der Waals surface area (Å²) >= 11 is 0. The van der Waals surface area contributed by atoms with Crippen molar-refractivity contribution in [2.75, 3.05) is 0 Å². The molecule has 0 saturated heterocycles. The van der Waals surface area contributed by atoms with Gasteiger partial charge in [0.05, 0.1) is 6.10 Å². The fraction of sp³-hybridized carbons (Fsp3) is 0.556. The average molecular weight is 495 g/mol. The van der Waals surface area contributed by atoms with Crippen LogP contribution in [0.25, 0.3) is 5.57 Å². The van der Waals surface area contributed by atoms with E-state index in [9.17, 15) is 5.11 Å². The van der Waals surface area contributed by atoms with Gasteiger partial charge in [0.1, 0.15) is 0 Å². The quantitative estimate of drug-likeness (QED) is 0.411. The van der Waals surface area contributed by atoms with Crippen molar-refractivity contribution < 1.29 is 5.11 Å². The van der Waals surface area contributed by atoms with Crippen LogP contribution in [0.15, 0.2) is 78.4 Å². The summed E-state index contributed by atoms with van der Waals surface area (Å²) in [6, 6.07) is 21.9. The van der Waals surface area contributed by atoms with E-state index in [0.29, 0.717) is 17.3 Å². The molecule has 2 aromatic rings. The Morgan fingerprint density at radius 3 is 2.27 bits per heavy atom. The van der Waals surface area contributed by atoms with Crippen LogP contribution in [-0.4, -0.2) is 11.2 Å². The molecule has 196 valence electrons. The molecule has 37 heavy (non-hydrogen) atoms. The maximum absolute atomic E-state index is 11.2.